The molecule has 1 atom stereocenters. The summed E-state index contributed by atoms with van der Waals surface area (Å²) in [7, 11) is -3.23. The molecule has 1 rings (SSSR count). The van der Waals surface area contributed by atoms with E-state index in [1.54, 1.807) is 20.8 Å². The summed E-state index contributed by atoms with van der Waals surface area (Å²) < 4.78 is 68.4. The molecular formula is C17H23F3N2O7S. The fraction of sp³-hybridized carbons (Fsp3) is 0.529. The van der Waals surface area contributed by atoms with Crippen molar-refractivity contribution in [3.63, 3.8) is 0 Å². The Bertz CT molecular complexity index is 850. The lowest BCUT2D eigenvalue weighted by Crippen LogP contribution is -2.49. The highest BCUT2D eigenvalue weighted by Gasteiger charge is 2.48. The van der Waals surface area contributed by atoms with Crippen LogP contribution >= 0.6 is 0 Å². The average molecular weight is 456 g/mol. The van der Waals surface area contributed by atoms with Gasteiger partial charge in [0, 0.05) is 13.5 Å². The van der Waals surface area contributed by atoms with Gasteiger partial charge < -0.3 is 14.2 Å². The molecule has 0 saturated heterocycles. The SMILES string of the molecule is CON(C)C(=O)[C@@H](Cc1ccc(OS(=O)(=O)C(F)(F)F)cc1)NC(=O)OC(C)(C)C. The maximum absolute atomic E-state index is 12.4. The van der Waals surface area contributed by atoms with E-state index >= 15 is 0 Å². The summed E-state index contributed by atoms with van der Waals surface area (Å²) in [4.78, 5) is 29.3. The van der Waals surface area contributed by atoms with E-state index < -0.39 is 45.0 Å². The van der Waals surface area contributed by atoms with E-state index in [9.17, 15) is 31.2 Å². The summed E-state index contributed by atoms with van der Waals surface area (Å²) in [6.45, 7) is 4.91. The van der Waals surface area contributed by atoms with Gasteiger partial charge in [0.15, 0.2) is 0 Å². The van der Waals surface area contributed by atoms with Crippen LogP contribution in [-0.4, -0.2) is 56.8 Å². The standard InChI is InChI=1S/C17H23F3N2O7S/c1-16(2,3)28-15(24)21-13(14(23)22(4)27-5)10-11-6-8-12(9-7-11)29-30(25,26)17(18,19)20/h6-9,13H,10H2,1-5H3,(H,21,24)/t13-/m1/s1. The molecule has 13 heteroatoms. The van der Waals surface area contributed by atoms with Gasteiger partial charge in [-0.25, -0.2) is 9.86 Å². The average Bonchev–Trinajstić information content (AvgIpc) is 2.58. The second-order valence-corrected chi connectivity index (χ2v) is 8.59. The van der Waals surface area contributed by atoms with Gasteiger partial charge in [0.05, 0.1) is 7.11 Å². The molecule has 9 nitrogen and oxygen atoms in total. The van der Waals surface area contributed by atoms with E-state index in [-0.39, 0.29) is 6.42 Å². The number of halogens is 3. The first kappa shape index (κ1) is 25.5. The zero-order valence-corrected chi connectivity index (χ0v) is 17.8. The second-order valence-electron chi connectivity index (χ2n) is 7.05. The topological polar surface area (TPSA) is 111 Å². The zero-order valence-electron chi connectivity index (χ0n) is 16.9. The molecule has 0 spiro atoms. The number of carbonyl (C=O) groups is 2. The van der Waals surface area contributed by atoms with Gasteiger partial charge in [-0.2, -0.15) is 21.6 Å². The van der Waals surface area contributed by atoms with Crippen molar-refractivity contribution < 1.29 is 44.9 Å². The van der Waals surface area contributed by atoms with Crippen LogP contribution in [0.5, 0.6) is 5.75 Å². The predicted molar refractivity (Wildman–Crippen MR) is 98.7 cm³/mol. The number of rotatable bonds is 7. The number of hydrogen-bond acceptors (Lipinski definition) is 7. The van der Waals surface area contributed by atoms with Crippen LogP contribution in [0.1, 0.15) is 26.3 Å². The van der Waals surface area contributed by atoms with Gasteiger partial charge in [-0.15, -0.1) is 0 Å². The lowest BCUT2D eigenvalue weighted by atomic mass is 10.1. The third-order valence-electron chi connectivity index (χ3n) is 3.43. The van der Waals surface area contributed by atoms with E-state index in [4.69, 9.17) is 9.57 Å². The van der Waals surface area contributed by atoms with Crippen molar-refractivity contribution in [2.45, 2.75) is 44.3 Å². The monoisotopic (exact) mass is 456 g/mol. The Morgan fingerprint density at radius 1 is 1.13 bits per heavy atom. The molecule has 0 radical (unpaired) electrons. The number of ether oxygens (including phenoxy) is 1. The summed E-state index contributed by atoms with van der Waals surface area (Å²) in [5.74, 6) is -1.18. The molecule has 0 aliphatic heterocycles. The van der Waals surface area contributed by atoms with Gasteiger partial charge in [0.1, 0.15) is 17.4 Å². The molecule has 0 bridgehead atoms. The Hall–Kier alpha value is -2.54. The number of likely N-dealkylation sites (N-methyl/N-ethyl adjacent to an activating group) is 1. The second kappa shape index (κ2) is 9.51. The summed E-state index contributed by atoms with van der Waals surface area (Å²) >= 11 is 0. The van der Waals surface area contributed by atoms with Gasteiger partial charge in [-0.3, -0.25) is 9.63 Å². The Morgan fingerprint density at radius 2 is 1.67 bits per heavy atom. The molecule has 1 aromatic carbocycles. The van der Waals surface area contributed by atoms with Crippen molar-refractivity contribution in [3.8, 4) is 5.75 Å². The molecule has 1 aromatic rings. The smallest absolute Gasteiger partial charge is 0.444 e. The van der Waals surface area contributed by atoms with Crippen LogP contribution in [0.4, 0.5) is 18.0 Å². The Labute approximate surface area is 172 Å². The van der Waals surface area contributed by atoms with Gasteiger partial charge in [0.2, 0.25) is 0 Å². The maximum atomic E-state index is 12.4. The van der Waals surface area contributed by atoms with E-state index in [1.165, 1.54) is 26.3 Å². The highest BCUT2D eigenvalue weighted by molar-refractivity contribution is 7.88. The normalized spacial score (nSPS) is 13.3. The molecule has 0 aromatic heterocycles. The minimum atomic E-state index is -5.80. The van der Waals surface area contributed by atoms with Crippen LogP contribution in [-0.2, 0) is 30.9 Å². The first-order valence-electron chi connectivity index (χ1n) is 8.46. The number of hydroxylamine groups is 2. The number of hydrogen-bond donors (Lipinski definition) is 1. The third kappa shape index (κ3) is 7.71. The van der Waals surface area contributed by atoms with Crippen LogP contribution in [0, 0.1) is 0 Å². The van der Waals surface area contributed by atoms with E-state index in [0.717, 1.165) is 17.2 Å². The zero-order chi connectivity index (χ0) is 23.3. The van der Waals surface area contributed by atoms with Gasteiger partial charge >= 0.3 is 21.7 Å². The quantitative estimate of drug-likeness (QED) is 0.381. The van der Waals surface area contributed by atoms with Gasteiger partial charge in [0.25, 0.3) is 5.91 Å². The Kier molecular flexibility index (Phi) is 8.09. The van der Waals surface area contributed by atoms with Crippen molar-refractivity contribution >= 4 is 22.1 Å². The van der Waals surface area contributed by atoms with Gasteiger partial charge in [-0.05, 0) is 38.5 Å². The summed E-state index contributed by atoms with van der Waals surface area (Å²) in [5.41, 5.74) is -5.98. The molecule has 0 aliphatic rings. The van der Waals surface area contributed by atoms with E-state index in [0.29, 0.717) is 5.56 Å². The molecule has 0 fully saturated rings. The highest BCUT2D eigenvalue weighted by atomic mass is 32.2. The van der Waals surface area contributed by atoms with Crippen molar-refractivity contribution in [2.24, 2.45) is 0 Å². The molecule has 0 unspecified atom stereocenters. The number of nitrogens with zero attached hydrogens (tertiary/aromatic N) is 1. The van der Waals surface area contributed by atoms with E-state index in [2.05, 4.69) is 9.50 Å². The fourth-order valence-electron chi connectivity index (χ4n) is 2.05. The first-order valence-corrected chi connectivity index (χ1v) is 9.87. The molecule has 0 heterocycles. The van der Waals surface area contributed by atoms with Gasteiger partial charge in [-0.1, -0.05) is 12.1 Å². The molecule has 0 saturated carbocycles. The molecule has 2 amide bonds. The van der Waals surface area contributed by atoms with Crippen LogP contribution in [0.3, 0.4) is 0 Å². The van der Waals surface area contributed by atoms with E-state index in [1.807, 2.05) is 0 Å². The summed E-state index contributed by atoms with van der Waals surface area (Å²) in [6.07, 6.45) is -0.945. The fourth-order valence-corrected chi connectivity index (χ4v) is 2.51. The largest absolute Gasteiger partial charge is 0.534 e. The number of alkyl carbamates (subject to hydrolysis) is 1. The van der Waals surface area contributed by atoms with Crippen LogP contribution in [0.15, 0.2) is 24.3 Å². The minimum Gasteiger partial charge on any atom is -0.444 e. The highest BCUT2D eigenvalue weighted by Crippen LogP contribution is 2.27. The summed E-state index contributed by atoms with van der Waals surface area (Å²) in [6, 6.07) is 3.37. The molecule has 1 N–H and O–H groups in total. The Morgan fingerprint density at radius 3 is 2.10 bits per heavy atom. The number of carbonyl (C=O) groups excluding carboxylic acids is 2. The number of alkyl halides is 3. The number of benzene rings is 1. The molecule has 170 valence electrons. The van der Waals surface area contributed by atoms with Crippen molar-refractivity contribution in [2.75, 3.05) is 14.2 Å². The van der Waals surface area contributed by atoms with Crippen LogP contribution in [0.2, 0.25) is 0 Å². The van der Waals surface area contributed by atoms with Crippen molar-refractivity contribution in [3.05, 3.63) is 29.8 Å². The van der Waals surface area contributed by atoms with Crippen LogP contribution < -0.4 is 9.50 Å². The maximum Gasteiger partial charge on any atom is 0.534 e. The van der Waals surface area contributed by atoms with Crippen LogP contribution in [0.25, 0.3) is 0 Å². The van der Waals surface area contributed by atoms with Crippen molar-refractivity contribution in [1.29, 1.82) is 0 Å². The molecule has 30 heavy (non-hydrogen) atoms. The lowest BCUT2D eigenvalue weighted by molar-refractivity contribution is -0.171. The summed E-state index contributed by atoms with van der Waals surface area (Å²) in [5, 5.41) is 3.29. The third-order valence-corrected chi connectivity index (χ3v) is 4.40. The van der Waals surface area contributed by atoms with Crippen molar-refractivity contribution in [1.82, 2.24) is 10.4 Å². The molecular weight excluding hydrogens is 433 g/mol. The number of amides is 2. The molecule has 0 aliphatic carbocycles. The Balaban J connectivity index is 2.98. The first-order chi connectivity index (χ1) is 13.6. The predicted octanol–water partition coefficient (Wildman–Crippen LogP) is 2.37. The number of nitrogens with one attached hydrogen (secondary N) is 1. The minimum absolute atomic E-state index is 0.0852. The lowest BCUT2D eigenvalue weighted by Gasteiger charge is -2.25.